The van der Waals surface area contributed by atoms with Crippen molar-refractivity contribution >= 4 is 5.97 Å². The predicted molar refractivity (Wildman–Crippen MR) is 78.3 cm³/mol. The Balaban J connectivity index is 2.88. The number of hydrogen-bond acceptors (Lipinski definition) is 5. The van der Waals surface area contributed by atoms with Gasteiger partial charge >= 0.3 is 17.8 Å². The van der Waals surface area contributed by atoms with E-state index in [0.29, 0.717) is 12.1 Å². The number of benzene rings is 1. The van der Waals surface area contributed by atoms with Gasteiger partial charge in [-0.05, 0) is 12.1 Å². The molecule has 1 heterocycles. The Morgan fingerprint density at radius 3 is 2.35 bits per heavy atom. The summed E-state index contributed by atoms with van der Waals surface area (Å²) in [5.41, 5.74) is -6.14. The molecule has 2 aromatic rings. The van der Waals surface area contributed by atoms with Crippen molar-refractivity contribution in [3.63, 3.8) is 0 Å². The third-order valence-corrected chi connectivity index (χ3v) is 3.46. The van der Waals surface area contributed by atoms with Gasteiger partial charge < -0.3 is 4.74 Å². The van der Waals surface area contributed by atoms with Gasteiger partial charge in [-0.25, -0.2) is 18.5 Å². The van der Waals surface area contributed by atoms with E-state index in [1.54, 1.807) is 0 Å². The van der Waals surface area contributed by atoms with Crippen LogP contribution in [-0.4, -0.2) is 22.2 Å². The maximum atomic E-state index is 14.3. The number of halogens is 4. The second-order valence-electron chi connectivity index (χ2n) is 5.00. The van der Waals surface area contributed by atoms with Crippen molar-refractivity contribution in [2.24, 2.45) is 7.05 Å². The van der Waals surface area contributed by atoms with Crippen LogP contribution in [0.1, 0.15) is 21.6 Å². The van der Waals surface area contributed by atoms with E-state index in [1.807, 2.05) is 0 Å². The molecule has 0 aliphatic carbocycles. The van der Waals surface area contributed by atoms with Crippen LogP contribution in [0.15, 0.2) is 27.8 Å². The fourth-order valence-corrected chi connectivity index (χ4v) is 2.22. The van der Waals surface area contributed by atoms with Crippen molar-refractivity contribution in [2.75, 3.05) is 7.11 Å². The molecule has 0 radical (unpaired) electrons. The second-order valence-corrected chi connectivity index (χ2v) is 5.00. The minimum Gasteiger partial charge on any atom is -0.465 e. The average Bonchev–Trinajstić information content (AvgIpc) is 2.57. The number of nitriles is 1. The van der Waals surface area contributed by atoms with Crippen LogP contribution < -0.4 is 11.2 Å². The van der Waals surface area contributed by atoms with Gasteiger partial charge in [-0.1, -0.05) is 0 Å². The number of rotatable bonds is 2. The largest absolute Gasteiger partial charge is 0.465 e. The molecule has 0 saturated heterocycles. The first kappa shape index (κ1) is 18.9. The normalized spacial score (nSPS) is 11.1. The quantitative estimate of drug-likeness (QED) is 0.587. The van der Waals surface area contributed by atoms with E-state index in [1.165, 1.54) is 6.07 Å². The van der Waals surface area contributed by atoms with Crippen molar-refractivity contribution in [3.8, 4) is 11.8 Å². The average molecular weight is 371 g/mol. The molecule has 0 N–H and O–H groups in total. The highest BCUT2D eigenvalue weighted by Gasteiger charge is 2.35. The lowest BCUT2D eigenvalue weighted by Crippen LogP contribution is -2.41. The zero-order valence-corrected chi connectivity index (χ0v) is 13.2. The zero-order chi connectivity index (χ0) is 19.8. The molecule has 0 bridgehead atoms. The standard InChI is InChI=1S/C15H9F4N3O4/c1-21-11(15(17,18)19)5-12(23)22(14(21)25)10-4-8(13(24)26-2)7(6-20)3-9(10)16/h3-5H,1-2H3. The molecule has 136 valence electrons. The fourth-order valence-electron chi connectivity index (χ4n) is 2.22. The highest BCUT2D eigenvalue weighted by atomic mass is 19.4. The predicted octanol–water partition coefficient (Wildman–Crippen LogP) is 1.35. The number of carbonyl (C=O) groups excluding carboxylic acids is 1. The highest BCUT2D eigenvalue weighted by molar-refractivity contribution is 5.92. The molecule has 1 aromatic carbocycles. The van der Waals surface area contributed by atoms with E-state index in [0.717, 1.165) is 14.2 Å². The van der Waals surface area contributed by atoms with Crippen LogP contribution in [0.25, 0.3) is 5.69 Å². The van der Waals surface area contributed by atoms with Gasteiger partial charge in [-0.2, -0.15) is 18.4 Å². The smallest absolute Gasteiger partial charge is 0.431 e. The Hall–Kier alpha value is -3.42. The Morgan fingerprint density at radius 2 is 1.85 bits per heavy atom. The van der Waals surface area contributed by atoms with Crippen molar-refractivity contribution < 1.29 is 27.1 Å². The third kappa shape index (κ3) is 3.08. The first-order valence-electron chi connectivity index (χ1n) is 6.75. The Bertz CT molecular complexity index is 1060. The highest BCUT2D eigenvalue weighted by Crippen LogP contribution is 2.27. The summed E-state index contributed by atoms with van der Waals surface area (Å²) in [5.74, 6) is -2.31. The first-order valence-corrected chi connectivity index (χ1v) is 6.75. The number of alkyl halides is 3. The van der Waals surface area contributed by atoms with Gasteiger partial charge in [0, 0.05) is 13.1 Å². The summed E-state index contributed by atoms with van der Waals surface area (Å²) in [7, 11) is 1.74. The van der Waals surface area contributed by atoms with Gasteiger partial charge in [0.2, 0.25) is 0 Å². The summed E-state index contributed by atoms with van der Waals surface area (Å²) in [6.45, 7) is 0. The lowest BCUT2D eigenvalue weighted by atomic mass is 10.1. The fraction of sp³-hybridized carbons (Fsp3) is 0.200. The molecular formula is C15H9F4N3O4. The molecular weight excluding hydrogens is 362 g/mol. The van der Waals surface area contributed by atoms with E-state index in [2.05, 4.69) is 4.74 Å². The number of carbonyl (C=O) groups is 1. The van der Waals surface area contributed by atoms with Crippen LogP contribution in [0.4, 0.5) is 17.6 Å². The zero-order valence-electron chi connectivity index (χ0n) is 13.2. The summed E-state index contributed by atoms with van der Waals surface area (Å²) < 4.78 is 57.5. The van der Waals surface area contributed by atoms with Crippen LogP contribution in [0.5, 0.6) is 0 Å². The van der Waals surface area contributed by atoms with Crippen molar-refractivity contribution in [2.45, 2.75) is 6.18 Å². The van der Waals surface area contributed by atoms with Crippen molar-refractivity contribution in [1.29, 1.82) is 5.26 Å². The summed E-state index contributed by atoms with van der Waals surface area (Å²) in [6.07, 6.45) is -4.98. The maximum absolute atomic E-state index is 14.3. The minimum atomic E-state index is -4.98. The number of aromatic nitrogens is 2. The van der Waals surface area contributed by atoms with Crippen LogP contribution in [0.3, 0.4) is 0 Å². The molecule has 0 aliphatic heterocycles. The van der Waals surface area contributed by atoms with Gasteiger partial charge in [0.15, 0.2) is 0 Å². The maximum Gasteiger partial charge on any atom is 0.431 e. The number of hydrogen-bond donors (Lipinski definition) is 0. The molecule has 2 rings (SSSR count). The molecule has 0 aliphatic rings. The molecule has 0 amide bonds. The Labute approximate surface area is 142 Å². The lowest BCUT2D eigenvalue weighted by Gasteiger charge is -2.15. The van der Waals surface area contributed by atoms with Crippen LogP contribution in [0, 0.1) is 17.1 Å². The van der Waals surface area contributed by atoms with Gasteiger partial charge in [0.05, 0.1) is 23.9 Å². The summed E-state index contributed by atoms with van der Waals surface area (Å²) >= 11 is 0. The lowest BCUT2D eigenvalue weighted by molar-refractivity contribution is -0.144. The molecule has 0 saturated carbocycles. The number of esters is 1. The second kappa shape index (κ2) is 6.47. The van der Waals surface area contributed by atoms with Gasteiger partial charge in [0.25, 0.3) is 5.56 Å². The van der Waals surface area contributed by atoms with E-state index in [-0.39, 0.29) is 15.2 Å². The Kier molecular flexibility index (Phi) is 4.71. The summed E-state index contributed by atoms with van der Waals surface area (Å²) in [4.78, 5) is 35.9. The molecule has 7 nitrogen and oxygen atoms in total. The Morgan fingerprint density at radius 1 is 1.23 bits per heavy atom. The van der Waals surface area contributed by atoms with Crippen molar-refractivity contribution in [3.05, 3.63) is 61.7 Å². The van der Waals surface area contributed by atoms with Crippen molar-refractivity contribution in [1.82, 2.24) is 9.13 Å². The molecule has 0 atom stereocenters. The van der Waals surface area contributed by atoms with Crippen LogP contribution in [-0.2, 0) is 18.0 Å². The topological polar surface area (TPSA) is 94.1 Å². The van der Waals surface area contributed by atoms with E-state index >= 15 is 0 Å². The van der Waals surface area contributed by atoms with Gasteiger partial charge in [-0.3, -0.25) is 9.36 Å². The van der Waals surface area contributed by atoms with Gasteiger partial charge in [0.1, 0.15) is 17.6 Å². The first-order chi connectivity index (χ1) is 12.0. The molecule has 11 heteroatoms. The number of methoxy groups -OCH3 is 1. The van der Waals surface area contributed by atoms with Gasteiger partial charge in [-0.15, -0.1) is 0 Å². The minimum absolute atomic E-state index is 0.122. The number of ether oxygens (including phenoxy) is 1. The van der Waals surface area contributed by atoms with E-state index < -0.39 is 51.7 Å². The SMILES string of the molecule is COC(=O)c1cc(-n2c(=O)cc(C(F)(F)F)n(C)c2=O)c(F)cc1C#N. The third-order valence-electron chi connectivity index (χ3n) is 3.46. The monoisotopic (exact) mass is 371 g/mol. The van der Waals surface area contributed by atoms with E-state index in [4.69, 9.17) is 5.26 Å². The molecule has 26 heavy (non-hydrogen) atoms. The van der Waals surface area contributed by atoms with Crippen LogP contribution >= 0.6 is 0 Å². The molecule has 0 fully saturated rings. The molecule has 0 unspecified atom stereocenters. The van der Waals surface area contributed by atoms with E-state index in [9.17, 15) is 31.9 Å². The van der Waals surface area contributed by atoms with Crippen LogP contribution in [0.2, 0.25) is 0 Å². The number of nitrogens with zero attached hydrogens (tertiary/aromatic N) is 3. The summed E-state index contributed by atoms with van der Waals surface area (Å²) in [5, 5.41) is 8.94. The molecule has 1 aromatic heterocycles. The summed E-state index contributed by atoms with van der Waals surface area (Å²) in [6, 6.07) is 2.93. The molecule has 0 spiro atoms.